The number of hydrogen-bond donors (Lipinski definition) is 2. The van der Waals surface area contributed by atoms with Gasteiger partial charge in [-0.15, -0.1) is 0 Å². The number of fused-ring (bicyclic) bond motifs is 1. The molecule has 2 N–H and O–H groups in total. The molecule has 1 heterocycles. The Morgan fingerprint density at radius 3 is 2.67 bits per heavy atom. The summed E-state index contributed by atoms with van der Waals surface area (Å²) in [4.78, 5) is 39.5. The van der Waals surface area contributed by atoms with Crippen LogP contribution in [-0.4, -0.2) is 28.5 Å². The molecule has 7 nitrogen and oxygen atoms in total. The SMILES string of the molecule is C[C@@H](OC(=O)c1cc(=O)[nH]c2ccccc12)C(=O)NC1(C#N)CCCCC1. The molecule has 0 bridgehead atoms. The Hall–Kier alpha value is -3.14. The van der Waals surface area contributed by atoms with Crippen molar-refractivity contribution in [2.45, 2.75) is 50.7 Å². The van der Waals surface area contributed by atoms with Crippen LogP contribution in [0.15, 0.2) is 35.1 Å². The molecule has 3 rings (SSSR count). The number of nitrogens with one attached hydrogen (secondary N) is 2. The van der Waals surface area contributed by atoms with Crippen molar-refractivity contribution in [2.75, 3.05) is 0 Å². The molecule has 2 aromatic rings. The third kappa shape index (κ3) is 4.00. The van der Waals surface area contributed by atoms with E-state index in [0.29, 0.717) is 23.7 Å². The molecule has 1 aromatic heterocycles. The fraction of sp³-hybridized carbons (Fsp3) is 0.400. The second-order valence-corrected chi connectivity index (χ2v) is 6.88. The molecule has 0 radical (unpaired) electrons. The summed E-state index contributed by atoms with van der Waals surface area (Å²) in [6, 6.07) is 10.2. The second-order valence-electron chi connectivity index (χ2n) is 6.88. The molecule has 27 heavy (non-hydrogen) atoms. The van der Waals surface area contributed by atoms with Gasteiger partial charge in [0.2, 0.25) is 5.56 Å². The summed E-state index contributed by atoms with van der Waals surface area (Å²) in [5.74, 6) is -1.27. The number of aromatic nitrogens is 1. The minimum Gasteiger partial charge on any atom is -0.449 e. The van der Waals surface area contributed by atoms with Crippen LogP contribution in [0.1, 0.15) is 49.4 Å². The molecular formula is C20H21N3O4. The minimum absolute atomic E-state index is 0.0988. The zero-order valence-electron chi connectivity index (χ0n) is 15.1. The van der Waals surface area contributed by atoms with E-state index in [-0.39, 0.29) is 5.56 Å². The molecule has 1 amide bonds. The Kier molecular flexibility index (Phi) is 5.26. The van der Waals surface area contributed by atoms with Gasteiger partial charge in [0.25, 0.3) is 5.91 Å². The number of nitrogens with zero attached hydrogens (tertiary/aromatic N) is 1. The number of benzene rings is 1. The molecule has 1 fully saturated rings. The average Bonchev–Trinajstić information content (AvgIpc) is 2.67. The number of para-hydroxylation sites is 1. The molecule has 1 aliphatic carbocycles. The standard InChI is InChI=1S/C20H21N3O4/c1-13(18(25)23-20(12-21)9-5-2-6-10-20)27-19(26)15-11-17(24)22-16-8-4-3-7-14(15)16/h3-4,7-8,11,13H,2,5-6,9-10H2,1H3,(H,22,24)(H,23,25)/t13-/m1/s1. The summed E-state index contributed by atoms with van der Waals surface area (Å²) in [6.07, 6.45) is 2.90. The van der Waals surface area contributed by atoms with E-state index in [1.165, 1.54) is 6.92 Å². The van der Waals surface area contributed by atoms with E-state index < -0.39 is 29.1 Å². The van der Waals surface area contributed by atoms with E-state index in [0.717, 1.165) is 25.3 Å². The Morgan fingerprint density at radius 2 is 1.96 bits per heavy atom. The third-order valence-electron chi connectivity index (χ3n) is 4.91. The number of pyridine rings is 1. The van der Waals surface area contributed by atoms with Crippen molar-refractivity contribution in [1.29, 1.82) is 5.26 Å². The predicted octanol–water partition coefficient (Wildman–Crippen LogP) is 2.42. The highest BCUT2D eigenvalue weighted by atomic mass is 16.5. The van der Waals surface area contributed by atoms with Crippen molar-refractivity contribution in [1.82, 2.24) is 10.3 Å². The maximum absolute atomic E-state index is 12.5. The van der Waals surface area contributed by atoms with Crippen molar-refractivity contribution < 1.29 is 14.3 Å². The van der Waals surface area contributed by atoms with Crippen LogP contribution in [0.5, 0.6) is 0 Å². The highest BCUT2D eigenvalue weighted by molar-refractivity contribution is 6.04. The second kappa shape index (κ2) is 7.62. The fourth-order valence-electron chi connectivity index (χ4n) is 3.41. The van der Waals surface area contributed by atoms with Gasteiger partial charge in [-0.25, -0.2) is 4.79 Å². The Balaban J connectivity index is 1.75. The van der Waals surface area contributed by atoms with Crippen LogP contribution in [-0.2, 0) is 9.53 Å². The highest BCUT2D eigenvalue weighted by Gasteiger charge is 2.35. The predicted molar refractivity (Wildman–Crippen MR) is 99.0 cm³/mol. The first-order valence-corrected chi connectivity index (χ1v) is 9.00. The highest BCUT2D eigenvalue weighted by Crippen LogP contribution is 2.27. The molecule has 1 aromatic carbocycles. The van der Waals surface area contributed by atoms with Crippen LogP contribution in [0.25, 0.3) is 10.9 Å². The minimum atomic E-state index is -1.08. The van der Waals surface area contributed by atoms with Gasteiger partial charge < -0.3 is 15.0 Å². The molecule has 1 atom stereocenters. The van der Waals surface area contributed by atoms with Gasteiger partial charge in [-0.1, -0.05) is 37.5 Å². The van der Waals surface area contributed by atoms with Gasteiger partial charge >= 0.3 is 5.97 Å². The quantitative estimate of drug-likeness (QED) is 0.806. The third-order valence-corrected chi connectivity index (χ3v) is 4.91. The maximum atomic E-state index is 12.5. The van der Waals surface area contributed by atoms with Crippen LogP contribution in [0.3, 0.4) is 0 Å². The zero-order valence-corrected chi connectivity index (χ0v) is 15.1. The molecule has 7 heteroatoms. The van der Waals surface area contributed by atoms with E-state index >= 15 is 0 Å². The van der Waals surface area contributed by atoms with Crippen molar-refractivity contribution in [3.8, 4) is 6.07 Å². The van der Waals surface area contributed by atoms with Gasteiger partial charge in [0.15, 0.2) is 6.10 Å². The average molecular weight is 367 g/mol. The monoisotopic (exact) mass is 367 g/mol. The lowest BCUT2D eigenvalue weighted by molar-refractivity contribution is -0.130. The van der Waals surface area contributed by atoms with Crippen molar-refractivity contribution in [3.63, 3.8) is 0 Å². The molecule has 0 spiro atoms. The van der Waals surface area contributed by atoms with Gasteiger partial charge in [0, 0.05) is 17.0 Å². The van der Waals surface area contributed by atoms with Gasteiger partial charge in [0.1, 0.15) is 5.54 Å². The number of esters is 1. The van der Waals surface area contributed by atoms with E-state index in [1.54, 1.807) is 24.3 Å². The summed E-state index contributed by atoms with van der Waals surface area (Å²) in [5, 5.41) is 12.7. The number of ether oxygens (including phenoxy) is 1. The molecule has 0 unspecified atom stereocenters. The van der Waals surface area contributed by atoms with Crippen LogP contribution >= 0.6 is 0 Å². The molecule has 0 aliphatic heterocycles. The van der Waals surface area contributed by atoms with Gasteiger partial charge in [-0.05, 0) is 25.8 Å². The topological polar surface area (TPSA) is 112 Å². The fourth-order valence-corrected chi connectivity index (χ4v) is 3.41. The number of carbonyl (C=O) groups excluding carboxylic acids is 2. The number of nitriles is 1. The first kappa shape index (κ1) is 18.6. The summed E-state index contributed by atoms with van der Waals surface area (Å²) in [5.41, 5.74) is -0.711. The molecule has 140 valence electrons. The molecular weight excluding hydrogens is 346 g/mol. The number of rotatable bonds is 4. The van der Waals surface area contributed by atoms with Crippen molar-refractivity contribution in [3.05, 3.63) is 46.2 Å². The smallest absolute Gasteiger partial charge is 0.339 e. The number of aromatic amines is 1. The summed E-state index contributed by atoms with van der Waals surface area (Å²) >= 11 is 0. The number of carbonyl (C=O) groups is 2. The first-order chi connectivity index (χ1) is 12.9. The number of amides is 1. The van der Waals surface area contributed by atoms with Crippen LogP contribution < -0.4 is 10.9 Å². The van der Waals surface area contributed by atoms with Crippen LogP contribution in [0, 0.1) is 11.3 Å². The van der Waals surface area contributed by atoms with Gasteiger partial charge in [-0.3, -0.25) is 9.59 Å². The van der Waals surface area contributed by atoms with E-state index in [2.05, 4.69) is 16.4 Å². The van der Waals surface area contributed by atoms with E-state index in [9.17, 15) is 19.6 Å². The Labute approximate surface area is 156 Å². The van der Waals surface area contributed by atoms with Gasteiger partial charge in [0.05, 0.1) is 11.6 Å². The lowest BCUT2D eigenvalue weighted by atomic mass is 9.83. The normalized spacial score (nSPS) is 16.9. The molecule has 0 saturated heterocycles. The first-order valence-electron chi connectivity index (χ1n) is 9.00. The Morgan fingerprint density at radius 1 is 1.26 bits per heavy atom. The molecule has 1 saturated carbocycles. The number of H-pyrrole nitrogens is 1. The van der Waals surface area contributed by atoms with Crippen molar-refractivity contribution in [2.24, 2.45) is 0 Å². The van der Waals surface area contributed by atoms with Gasteiger partial charge in [-0.2, -0.15) is 5.26 Å². The van der Waals surface area contributed by atoms with Crippen LogP contribution in [0.2, 0.25) is 0 Å². The summed E-state index contributed by atoms with van der Waals surface area (Å²) in [6.45, 7) is 1.45. The van der Waals surface area contributed by atoms with E-state index in [4.69, 9.17) is 4.74 Å². The number of hydrogen-bond acceptors (Lipinski definition) is 5. The Bertz CT molecular complexity index is 967. The zero-order chi connectivity index (χ0) is 19.4. The lowest BCUT2D eigenvalue weighted by Crippen LogP contribution is -2.52. The van der Waals surface area contributed by atoms with E-state index in [1.807, 2.05) is 0 Å². The molecule has 1 aliphatic rings. The van der Waals surface area contributed by atoms with Crippen LogP contribution in [0.4, 0.5) is 0 Å². The summed E-state index contributed by atoms with van der Waals surface area (Å²) < 4.78 is 5.28. The lowest BCUT2D eigenvalue weighted by Gasteiger charge is -2.32. The summed E-state index contributed by atoms with van der Waals surface area (Å²) in [7, 11) is 0. The largest absolute Gasteiger partial charge is 0.449 e. The van der Waals surface area contributed by atoms with Crippen molar-refractivity contribution >= 4 is 22.8 Å². The maximum Gasteiger partial charge on any atom is 0.339 e.